The summed E-state index contributed by atoms with van der Waals surface area (Å²) in [5.74, 6) is 0.785. The molecule has 3 nitrogen and oxygen atoms in total. The number of likely N-dealkylation sites (tertiary alicyclic amines) is 1. The molecule has 1 amide bonds. The Morgan fingerprint density at radius 2 is 1.92 bits per heavy atom. The molecule has 2 atom stereocenters. The summed E-state index contributed by atoms with van der Waals surface area (Å²) in [6, 6.07) is 16.8. The van der Waals surface area contributed by atoms with Gasteiger partial charge in [-0.25, -0.2) is 0 Å². The van der Waals surface area contributed by atoms with Crippen molar-refractivity contribution >= 4 is 5.91 Å². The highest BCUT2D eigenvalue weighted by Crippen LogP contribution is 2.40. The van der Waals surface area contributed by atoms with Crippen LogP contribution in [0.15, 0.2) is 48.5 Å². The maximum absolute atomic E-state index is 11.7. The van der Waals surface area contributed by atoms with E-state index >= 15 is 0 Å². The maximum atomic E-state index is 11.7. The van der Waals surface area contributed by atoms with Crippen LogP contribution in [-0.4, -0.2) is 30.4 Å². The van der Waals surface area contributed by atoms with Gasteiger partial charge in [0.25, 0.3) is 0 Å². The minimum atomic E-state index is -0.328. The molecule has 1 fully saturated rings. The second kappa shape index (κ2) is 7.01. The minimum Gasteiger partial charge on any atom is -0.366 e. The predicted octanol–water partition coefficient (Wildman–Crippen LogP) is 3.38. The molecule has 1 saturated heterocycles. The number of carbonyl (C=O) groups is 1. The van der Waals surface area contributed by atoms with Gasteiger partial charge in [0.2, 0.25) is 5.91 Å². The minimum absolute atomic E-state index is 0.328. The summed E-state index contributed by atoms with van der Waals surface area (Å²) in [4.78, 5) is 14.3. The van der Waals surface area contributed by atoms with E-state index in [1.165, 1.54) is 49.2 Å². The molecule has 0 saturated carbocycles. The van der Waals surface area contributed by atoms with E-state index in [9.17, 15) is 4.79 Å². The van der Waals surface area contributed by atoms with Gasteiger partial charge in [0, 0.05) is 12.1 Å². The molecule has 2 unspecified atom stereocenters. The van der Waals surface area contributed by atoms with E-state index in [2.05, 4.69) is 47.4 Å². The number of nitrogens with two attached hydrogens (primary N) is 1. The summed E-state index contributed by atoms with van der Waals surface area (Å²) in [5, 5.41) is 0. The molecule has 2 aromatic carbocycles. The molecule has 130 valence electrons. The van der Waals surface area contributed by atoms with E-state index in [0.29, 0.717) is 17.4 Å². The smallest absolute Gasteiger partial charge is 0.248 e. The summed E-state index contributed by atoms with van der Waals surface area (Å²) in [6.07, 6.45) is 4.71. The number of primary amides is 1. The van der Waals surface area contributed by atoms with E-state index in [1.807, 2.05) is 6.07 Å². The van der Waals surface area contributed by atoms with Gasteiger partial charge in [0.15, 0.2) is 0 Å². The summed E-state index contributed by atoms with van der Waals surface area (Å²) in [6.45, 7) is 3.66. The molecule has 1 aliphatic carbocycles. The van der Waals surface area contributed by atoms with Crippen molar-refractivity contribution in [3.8, 4) is 0 Å². The largest absolute Gasteiger partial charge is 0.366 e. The Morgan fingerprint density at radius 3 is 2.60 bits per heavy atom. The third kappa shape index (κ3) is 3.47. The average molecular weight is 334 g/mol. The normalized spacial score (nSPS) is 22.9. The molecule has 2 aromatic rings. The van der Waals surface area contributed by atoms with E-state index < -0.39 is 0 Å². The van der Waals surface area contributed by atoms with Crippen molar-refractivity contribution in [2.24, 2.45) is 11.7 Å². The fourth-order valence-electron chi connectivity index (χ4n) is 4.38. The second-order valence-electron chi connectivity index (χ2n) is 7.53. The highest BCUT2D eigenvalue weighted by Gasteiger charge is 2.32. The van der Waals surface area contributed by atoms with Crippen LogP contribution in [0.25, 0.3) is 0 Å². The third-order valence-electron chi connectivity index (χ3n) is 5.92. The molecule has 2 N–H and O–H groups in total. The van der Waals surface area contributed by atoms with Crippen molar-refractivity contribution < 1.29 is 4.79 Å². The molecule has 0 radical (unpaired) electrons. The van der Waals surface area contributed by atoms with Crippen molar-refractivity contribution in [3.05, 3.63) is 70.8 Å². The lowest BCUT2D eigenvalue weighted by Crippen LogP contribution is -2.43. The lowest BCUT2D eigenvalue weighted by Gasteiger charge is -2.40. The van der Waals surface area contributed by atoms with Crippen LogP contribution in [0.1, 0.15) is 45.8 Å². The number of benzene rings is 2. The maximum Gasteiger partial charge on any atom is 0.248 e. The van der Waals surface area contributed by atoms with Crippen LogP contribution >= 0.6 is 0 Å². The highest BCUT2D eigenvalue weighted by molar-refractivity contribution is 5.93. The van der Waals surface area contributed by atoms with Crippen LogP contribution in [-0.2, 0) is 12.8 Å². The Morgan fingerprint density at radius 1 is 1.12 bits per heavy atom. The monoisotopic (exact) mass is 334 g/mol. The average Bonchev–Trinajstić information content (AvgIpc) is 2.60. The topological polar surface area (TPSA) is 46.3 Å². The fraction of sp³-hybridized carbons (Fsp3) is 0.409. The molecule has 0 aromatic heterocycles. The van der Waals surface area contributed by atoms with Crippen molar-refractivity contribution in [2.45, 2.75) is 31.6 Å². The molecule has 0 bridgehead atoms. The zero-order valence-corrected chi connectivity index (χ0v) is 14.7. The molecular weight excluding hydrogens is 308 g/mol. The summed E-state index contributed by atoms with van der Waals surface area (Å²) in [5.41, 5.74) is 10.3. The molecular formula is C22H26N2O. The van der Waals surface area contributed by atoms with Gasteiger partial charge >= 0.3 is 0 Å². The Balaban J connectivity index is 1.67. The van der Waals surface area contributed by atoms with E-state index in [0.717, 1.165) is 12.8 Å². The van der Waals surface area contributed by atoms with E-state index in [1.54, 1.807) is 0 Å². The molecule has 3 heteroatoms. The summed E-state index contributed by atoms with van der Waals surface area (Å²) < 4.78 is 0. The lowest BCUT2D eigenvalue weighted by molar-refractivity contribution is 0.1000. The fourth-order valence-corrected chi connectivity index (χ4v) is 4.38. The first-order chi connectivity index (χ1) is 12.2. The van der Waals surface area contributed by atoms with Crippen molar-refractivity contribution in [1.29, 1.82) is 0 Å². The SMILES string of the molecule is NC(=O)c1ccc2c(c1)C(Cc1ccccc1)C(CN1CCC1)CC2. The summed E-state index contributed by atoms with van der Waals surface area (Å²) >= 11 is 0. The molecule has 4 rings (SSSR count). The molecule has 25 heavy (non-hydrogen) atoms. The van der Waals surface area contributed by atoms with Crippen LogP contribution in [0.3, 0.4) is 0 Å². The highest BCUT2D eigenvalue weighted by atomic mass is 16.1. The standard InChI is InChI=1S/C22H26N2O/c23-22(25)18-9-7-17-8-10-19(15-24-11-4-12-24)20(21(17)14-18)13-16-5-2-1-3-6-16/h1-3,5-7,9,14,19-20H,4,8,10-13,15H2,(H2,23,25). The molecule has 1 heterocycles. The number of hydrogen-bond acceptors (Lipinski definition) is 2. The van der Waals surface area contributed by atoms with Gasteiger partial charge in [0.05, 0.1) is 0 Å². The van der Waals surface area contributed by atoms with Crippen LogP contribution in [0.5, 0.6) is 0 Å². The number of aryl methyl sites for hydroxylation is 1. The Labute approximate surface area is 149 Å². The second-order valence-corrected chi connectivity index (χ2v) is 7.53. The quantitative estimate of drug-likeness (QED) is 0.911. The van der Waals surface area contributed by atoms with Crippen LogP contribution in [0, 0.1) is 5.92 Å². The van der Waals surface area contributed by atoms with Gasteiger partial charge < -0.3 is 10.6 Å². The Bertz CT molecular complexity index is 752. The summed E-state index contributed by atoms with van der Waals surface area (Å²) in [7, 11) is 0. The zero-order valence-electron chi connectivity index (χ0n) is 14.7. The number of amides is 1. The van der Waals surface area contributed by atoms with Crippen LogP contribution < -0.4 is 5.73 Å². The van der Waals surface area contributed by atoms with Gasteiger partial charge in [0.1, 0.15) is 0 Å². The Hall–Kier alpha value is -2.13. The van der Waals surface area contributed by atoms with Crippen LogP contribution in [0.4, 0.5) is 0 Å². The lowest BCUT2D eigenvalue weighted by atomic mass is 9.71. The first-order valence-corrected chi connectivity index (χ1v) is 9.39. The first-order valence-electron chi connectivity index (χ1n) is 9.39. The predicted molar refractivity (Wildman–Crippen MR) is 101 cm³/mol. The van der Waals surface area contributed by atoms with E-state index in [-0.39, 0.29) is 5.91 Å². The number of hydrogen-bond donors (Lipinski definition) is 1. The van der Waals surface area contributed by atoms with Crippen LogP contribution in [0.2, 0.25) is 0 Å². The number of carbonyl (C=O) groups excluding carboxylic acids is 1. The van der Waals surface area contributed by atoms with E-state index in [4.69, 9.17) is 5.73 Å². The number of fused-ring (bicyclic) bond motifs is 1. The van der Waals surface area contributed by atoms with Crippen molar-refractivity contribution in [2.75, 3.05) is 19.6 Å². The molecule has 2 aliphatic rings. The van der Waals surface area contributed by atoms with Gasteiger partial charge in [-0.1, -0.05) is 36.4 Å². The van der Waals surface area contributed by atoms with Crippen molar-refractivity contribution in [3.63, 3.8) is 0 Å². The first kappa shape index (κ1) is 16.3. The van der Waals surface area contributed by atoms with Gasteiger partial charge in [-0.3, -0.25) is 4.79 Å². The Kier molecular flexibility index (Phi) is 4.58. The van der Waals surface area contributed by atoms with Gasteiger partial charge in [-0.15, -0.1) is 0 Å². The number of rotatable bonds is 5. The molecule has 0 spiro atoms. The zero-order chi connectivity index (χ0) is 17.2. The van der Waals surface area contributed by atoms with Gasteiger partial charge in [-0.05, 0) is 79.4 Å². The third-order valence-corrected chi connectivity index (χ3v) is 5.92. The van der Waals surface area contributed by atoms with Gasteiger partial charge in [-0.2, -0.15) is 0 Å². The molecule has 1 aliphatic heterocycles. The van der Waals surface area contributed by atoms with Crippen molar-refractivity contribution in [1.82, 2.24) is 4.90 Å². The number of nitrogens with zero attached hydrogens (tertiary/aromatic N) is 1.